The minimum Gasteiger partial charge on any atom is -0.367 e. The number of rotatable bonds is 3. The molecule has 0 aliphatic heterocycles. The molecular formula is C9H16N4O. The van der Waals surface area contributed by atoms with Crippen LogP contribution in [0.1, 0.15) is 44.9 Å². The first-order valence-electron chi connectivity index (χ1n) is 5.25. The molecule has 0 radical (unpaired) electrons. The van der Waals surface area contributed by atoms with E-state index < -0.39 is 0 Å². The fourth-order valence-electron chi connectivity index (χ4n) is 2.19. The smallest absolute Gasteiger partial charge is 0.206 e. The van der Waals surface area contributed by atoms with E-state index in [0.717, 1.165) is 18.7 Å². The Morgan fingerprint density at radius 1 is 1.36 bits per heavy atom. The van der Waals surface area contributed by atoms with Crippen molar-refractivity contribution in [3.63, 3.8) is 0 Å². The van der Waals surface area contributed by atoms with E-state index in [1.54, 1.807) is 0 Å². The van der Waals surface area contributed by atoms with Gasteiger partial charge in [0.25, 0.3) is 0 Å². The molecular weight excluding hydrogens is 180 g/mol. The summed E-state index contributed by atoms with van der Waals surface area (Å²) in [6.07, 6.45) is 5.69. The van der Waals surface area contributed by atoms with Crippen LogP contribution in [0, 0.1) is 0 Å². The van der Waals surface area contributed by atoms with Crippen LogP contribution in [-0.4, -0.2) is 27.2 Å². The number of nitrogens with one attached hydrogen (secondary N) is 1. The van der Waals surface area contributed by atoms with E-state index in [1.807, 2.05) is 6.92 Å². The molecule has 1 saturated carbocycles. The molecule has 1 aliphatic rings. The Kier molecular flexibility index (Phi) is 2.77. The summed E-state index contributed by atoms with van der Waals surface area (Å²) in [6, 6.07) is 0. The van der Waals surface area contributed by atoms with Crippen LogP contribution in [0.15, 0.2) is 0 Å². The lowest BCUT2D eigenvalue weighted by Gasteiger charge is -2.33. The normalized spacial score (nSPS) is 20.9. The zero-order valence-electron chi connectivity index (χ0n) is 8.49. The van der Waals surface area contributed by atoms with E-state index in [9.17, 15) is 0 Å². The first-order chi connectivity index (χ1) is 6.87. The first kappa shape index (κ1) is 9.58. The van der Waals surface area contributed by atoms with Gasteiger partial charge in [-0.25, -0.2) is 0 Å². The second-order valence-electron chi connectivity index (χ2n) is 3.72. The monoisotopic (exact) mass is 196 g/mol. The van der Waals surface area contributed by atoms with Gasteiger partial charge >= 0.3 is 0 Å². The molecule has 2 rings (SSSR count). The highest BCUT2D eigenvalue weighted by molar-refractivity contribution is 5.00. The van der Waals surface area contributed by atoms with Gasteiger partial charge in [-0.05, 0) is 19.8 Å². The van der Waals surface area contributed by atoms with Crippen LogP contribution in [0.4, 0.5) is 0 Å². The van der Waals surface area contributed by atoms with Gasteiger partial charge in [-0.15, -0.1) is 10.2 Å². The molecule has 0 amide bonds. The molecule has 0 atom stereocenters. The maximum atomic E-state index is 5.83. The minimum absolute atomic E-state index is 0.264. The van der Waals surface area contributed by atoms with Crippen LogP contribution in [0.25, 0.3) is 0 Å². The second kappa shape index (κ2) is 4.04. The Morgan fingerprint density at radius 2 is 2.14 bits per heavy atom. The summed E-state index contributed by atoms with van der Waals surface area (Å²) in [5, 5.41) is 14.2. The molecule has 1 aromatic heterocycles. The molecule has 0 spiro atoms. The summed E-state index contributed by atoms with van der Waals surface area (Å²) in [7, 11) is 0. The summed E-state index contributed by atoms with van der Waals surface area (Å²) < 4.78 is 5.83. The third-order valence-corrected chi connectivity index (χ3v) is 2.83. The van der Waals surface area contributed by atoms with Gasteiger partial charge in [0.15, 0.2) is 0 Å². The maximum Gasteiger partial charge on any atom is 0.206 e. The lowest BCUT2D eigenvalue weighted by molar-refractivity contribution is -0.0766. The molecule has 1 heterocycles. The van der Waals surface area contributed by atoms with Gasteiger partial charge in [-0.3, -0.25) is 0 Å². The van der Waals surface area contributed by atoms with Gasteiger partial charge in [-0.2, -0.15) is 5.21 Å². The van der Waals surface area contributed by atoms with Crippen molar-refractivity contribution in [3.8, 4) is 0 Å². The van der Waals surface area contributed by atoms with E-state index in [1.165, 1.54) is 19.3 Å². The average molecular weight is 196 g/mol. The Balaban J connectivity index is 2.20. The van der Waals surface area contributed by atoms with Crippen molar-refractivity contribution >= 4 is 0 Å². The van der Waals surface area contributed by atoms with E-state index in [4.69, 9.17) is 4.74 Å². The Bertz CT molecular complexity index is 261. The Labute approximate surface area is 83.2 Å². The quantitative estimate of drug-likeness (QED) is 0.793. The predicted octanol–water partition coefficient (Wildman–Crippen LogP) is 1.40. The molecule has 0 saturated heterocycles. The SMILES string of the molecule is CCOC1(c2nn[nH]n2)CCCCC1. The Morgan fingerprint density at radius 3 is 2.71 bits per heavy atom. The van der Waals surface area contributed by atoms with Crippen molar-refractivity contribution in [2.75, 3.05) is 6.61 Å². The molecule has 0 bridgehead atoms. The van der Waals surface area contributed by atoms with Crippen LogP contribution < -0.4 is 0 Å². The van der Waals surface area contributed by atoms with Crippen molar-refractivity contribution in [3.05, 3.63) is 5.82 Å². The Hall–Kier alpha value is -0.970. The standard InChI is InChI=1S/C9H16N4O/c1-2-14-9(6-4-3-5-7-9)8-10-12-13-11-8/h2-7H2,1H3,(H,10,11,12,13). The second-order valence-corrected chi connectivity index (χ2v) is 3.72. The summed E-state index contributed by atoms with van der Waals surface area (Å²) in [4.78, 5) is 0. The van der Waals surface area contributed by atoms with Crippen LogP contribution in [0.5, 0.6) is 0 Å². The highest BCUT2D eigenvalue weighted by Crippen LogP contribution is 2.38. The van der Waals surface area contributed by atoms with Gasteiger partial charge in [0.2, 0.25) is 5.82 Å². The molecule has 1 aromatic rings. The van der Waals surface area contributed by atoms with Crippen LogP contribution in [0.3, 0.4) is 0 Å². The minimum atomic E-state index is -0.264. The van der Waals surface area contributed by atoms with E-state index >= 15 is 0 Å². The molecule has 1 aliphatic carbocycles. The maximum absolute atomic E-state index is 5.83. The van der Waals surface area contributed by atoms with Crippen molar-refractivity contribution in [2.45, 2.75) is 44.6 Å². The number of ether oxygens (including phenoxy) is 1. The number of tetrazole rings is 1. The van der Waals surface area contributed by atoms with Crippen molar-refractivity contribution in [1.82, 2.24) is 20.6 Å². The number of H-pyrrole nitrogens is 1. The number of hydrogen-bond donors (Lipinski definition) is 1. The summed E-state index contributed by atoms with van der Waals surface area (Å²) in [5.74, 6) is 0.721. The van der Waals surface area contributed by atoms with Gasteiger partial charge in [0.05, 0.1) is 0 Å². The van der Waals surface area contributed by atoms with E-state index in [2.05, 4.69) is 20.6 Å². The molecule has 14 heavy (non-hydrogen) atoms. The molecule has 78 valence electrons. The van der Waals surface area contributed by atoms with E-state index in [0.29, 0.717) is 6.61 Å². The number of hydrogen-bond acceptors (Lipinski definition) is 4. The zero-order valence-corrected chi connectivity index (χ0v) is 8.49. The van der Waals surface area contributed by atoms with Crippen LogP contribution in [0.2, 0.25) is 0 Å². The molecule has 5 heteroatoms. The fraction of sp³-hybridized carbons (Fsp3) is 0.889. The third kappa shape index (κ3) is 1.64. The van der Waals surface area contributed by atoms with Gasteiger partial charge in [-0.1, -0.05) is 24.5 Å². The van der Waals surface area contributed by atoms with Gasteiger partial charge in [0, 0.05) is 6.61 Å². The molecule has 1 fully saturated rings. The molecule has 0 unspecified atom stereocenters. The number of nitrogens with zero attached hydrogens (tertiary/aromatic N) is 3. The lowest BCUT2D eigenvalue weighted by atomic mass is 9.84. The number of aromatic amines is 1. The molecule has 5 nitrogen and oxygen atoms in total. The van der Waals surface area contributed by atoms with Crippen molar-refractivity contribution in [2.24, 2.45) is 0 Å². The van der Waals surface area contributed by atoms with Crippen LogP contribution in [-0.2, 0) is 10.3 Å². The van der Waals surface area contributed by atoms with Crippen LogP contribution >= 0.6 is 0 Å². The molecule has 0 aromatic carbocycles. The topological polar surface area (TPSA) is 63.7 Å². The van der Waals surface area contributed by atoms with E-state index in [-0.39, 0.29) is 5.60 Å². The summed E-state index contributed by atoms with van der Waals surface area (Å²) in [6.45, 7) is 2.71. The average Bonchev–Trinajstić information content (AvgIpc) is 2.73. The lowest BCUT2D eigenvalue weighted by Crippen LogP contribution is -2.33. The highest BCUT2D eigenvalue weighted by atomic mass is 16.5. The highest BCUT2D eigenvalue weighted by Gasteiger charge is 2.38. The van der Waals surface area contributed by atoms with Crippen molar-refractivity contribution < 1.29 is 4.74 Å². The number of aromatic nitrogens is 4. The summed E-state index contributed by atoms with van der Waals surface area (Å²) >= 11 is 0. The van der Waals surface area contributed by atoms with Crippen molar-refractivity contribution in [1.29, 1.82) is 0 Å². The predicted molar refractivity (Wildman–Crippen MR) is 50.6 cm³/mol. The largest absolute Gasteiger partial charge is 0.367 e. The first-order valence-corrected chi connectivity index (χ1v) is 5.25. The third-order valence-electron chi connectivity index (χ3n) is 2.83. The fourth-order valence-corrected chi connectivity index (χ4v) is 2.19. The van der Waals surface area contributed by atoms with Gasteiger partial charge in [0.1, 0.15) is 5.60 Å². The zero-order chi connectivity index (χ0) is 9.86. The molecule has 1 N–H and O–H groups in total. The summed E-state index contributed by atoms with van der Waals surface area (Å²) in [5.41, 5.74) is -0.264. The van der Waals surface area contributed by atoms with Gasteiger partial charge < -0.3 is 4.74 Å².